The Morgan fingerprint density at radius 3 is 2.38 bits per heavy atom. The van der Waals surface area contributed by atoms with Crippen LogP contribution in [0.25, 0.3) is 10.8 Å². The molecule has 1 aliphatic heterocycles. The normalized spacial score (nSPS) is 15.2. The molecule has 2 amide bonds. The number of unbranched alkanes of at least 4 members (excludes halogenated alkanes) is 2. The SMILES string of the molecule is CCCCCC(CC)N1C(=O)c2cccc3c(Br)ccc(c23)C1=O. The number of benzene rings is 2. The Labute approximate surface area is 151 Å². The van der Waals surface area contributed by atoms with Gasteiger partial charge in [-0.3, -0.25) is 14.5 Å². The second-order valence-electron chi connectivity index (χ2n) is 6.36. The van der Waals surface area contributed by atoms with E-state index in [4.69, 9.17) is 0 Å². The second kappa shape index (κ2) is 7.06. The number of carbonyl (C=O) groups excluding carboxylic acids is 2. The lowest BCUT2D eigenvalue weighted by molar-refractivity contribution is 0.0524. The summed E-state index contributed by atoms with van der Waals surface area (Å²) in [5, 5.41) is 1.70. The third kappa shape index (κ3) is 2.77. The summed E-state index contributed by atoms with van der Waals surface area (Å²) in [7, 11) is 0. The summed E-state index contributed by atoms with van der Waals surface area (Å²) in [5.41, 5.74) is 1.27. The highest BCUT2D eigenvalue weighted by Crippen LogP contribution is 2.35. The molecule has 0 fully saturated rings. The molecular formula is C20H22BrNO2. The van der Waals surface area contributed by atoms with Gasteiger partial charge in [0, 0.05) is 27.0 Å². The summed E-state index contributed by atoms with van der Waals surface area (Å²) in [5.74, 6) is -0.306. The van der Waals surface area contributed by atoms with Crippen molar-refractivity contribution in [3.63, 3.8) is 0 Å². The minimum atomic E-state index is -0.153. The summed E-state index contributed by atoms with van der Waals surface area (Å²) in [6.45, 7) is 4.21. The van der Waals surface area contributed by atoms with Crippen molar-refractivity contribution in [2.75, 3.05) is 0 Å². The quantitative estimate of drug-likeness (QED) is 0.480. The van der Waals surface area contributed by atoms with Gasteiger partial charge in [-0.2, -0.15) is 0 Å². The summed E-state index contributed by atoms with van der Waals surface area (Å²) in [6, 6.07) is 9.36. The van der Waals surface area contributed by atoms with Crippen molar-refractivity contribution in [2.24, 2.45) is 0 Å². The van der Waals surface area contributed by atoms with Crippen LogP contribution >= 0.6 is 15.9 Å². The molecule has 3 nitrogen and oxygen atoms in total. The lowest BCUT2D eigenvalue weighted by Crippen LogP contribution is -2.46. The number of hydrogen-bond acceptors (Lipinski definition) is 2. The molecule has 24 heavy (non-hydrogen) atoms. The lowest BCUT2D eigenvalue weighted by atomic mass is 9.92. The predicted molar refractivity (Wildman–Crippen MR) is 100 cm³/mol. The van der Waals surface area contributed by atoms with Crippen LogP contribution in [0.1, 0.15) is 66.7 Å². The van der Waals surface area contributed by atoms with Gasteiger partial charge in [0.25, 0.3) is 11.8 Å². The Kier molecular flexibility index (Phi) is 5.04. The summed E-state index contributed by atoms with van der Waals surface area (Å²) in [6.07, 6.45) is 4.98. The zero-order valence-corrected chi connectivity index (χ0v) is 15.7. The van der Waals surface area contributed by atoms with Gasteiger partial charge >= 0.3 is 0 Å². The molecule has 1 heterocycles. The average Bonchev–Trinajstić information content (AvgIpc) is 2.59. The molecule has 1 atom stereocenters. The molecule has 0 N–H and O–H groups in total. The topological polar surface area (TPSA) is 37.4 Å². The van der Waals surface area contributed by atoms with Crippen molar-refractivity contribution in [1.29, 1.82) is 0 Å². The van der Waals surface area contributed by atoms with E-state index in [0.29, 0.717) is 11.1 Å². The van der Waals surface area contributed by atoms with Gasteiger partial charge in [0.15, 0.2) is 0 Å². The van der Waals surface area contributed by atoms with Crippen LogP contribution in [0, 0.1) is 0 Å². The standard InChI is InChI=1S/C20H22BrNO2/c1-3-5-6-8-13(4-2)22-19(23)15-10-7-9-14-17(21)12-11-16(18(14)15)20(22)24/h7,9-13H,3-6,8H2,1-2H3. The van der Waals surface area contributed by atoms with Crippen molar-refractivity contribution >= 4 is 38.5 Å². The smallest absolute Gasteiger partial charge is 0.261 e. The molecule has 2 aromatic carbocycles. The van der Waals surface area contributed by atoms with Crippen LogP contribution in [0.2, 0.25) is 0 Å². The van der Waals surface area contributed by atoms with Crippen molar-refractivity contribution in [3.8, 4) is 0 Å². The fraction of sp³-hybridized carbons (Fsp3) is 0.400. The third-order valence-corrected chi connectivity index (χ3v) is 5.55. The van der Waals surface area contributed by atoms with Crippen molar-refractivity contribution in [1.82, 2.24) is 4.90 Å². The molecule has 0 aromatic heterocycles. The maximum Gasteiger partial charge on any atom is 0.261 e. The Balaban J connectivity index is 2.06. The Morgan fingerprint density at radius 1 is 1.00 bits per heavy atom. The highest BCUT2D eigenvalue weighted by molar-refractivity contribution is 9.10. The second-order valence-corrected chi connectivity index (χ2v) is 7.22. The first-order chi connectivity index (χ1) is 11.6. The van der Waals surface area contributed by atoms with Gasteiger partial charge in [-0.05, 0) is 36.4 Å². The molecule has 126 valence electrons. The Hall–Kier alpha value is -1.68. The molecule has 1 unspecified atom stereocenters. The number of nitrogens with zero attached hydrogens (tertiary/aromatic N) is 1. The third-order valence-electron chi connectivity index (χ3n) is 4.86. The maximum atomic E-state index is 13.0. The largest absolute Gasteiger partial charge is 0.271 e. The summed E-state index contributed by atoms with van der Waals surface area (Å²) >= 11 is 3.52. The van der Waals surface area contributed by atoms with E-state index in [9.17, 15) is 9.59 Å². The number of amides is 2. The molecule has 3 rings (SSSR count). The fourth-order valence-electron chi connectivity index (χ4n) is 3.56. The van der Waals surface area contributed by atoms with E-state index in [0.717, 1.165) is 47.3 Å². The van der Waals surface area contributed by atoms with Crippen LogP contribution in [0.4, 0.5) is 0 Å². The molecule has 0 saturated carbocycles. The fourth-order valence-corrected chi connectivity index (χ4v) is 4.02. The van der Waals surface area contributed by atoms with E-state index < -0.39 is 0 Å². The predicted octanol–water partition coefficient (Wildman–Crippen LogP) is 5.56. The van der Waals surface area contributed by atoms with E-state index in [1.165, 1.54) is 4.90 Å². The molecule has 1 aliphatic rings. The van der Waals surface area contributed by atoms with Gasteiger partial charge in [-0.15, -0.1) is 0 Å². The van der Waals surface area contributed by atoms with Crippen molar-refractivity contribution < 1.29 is 9.59 Å². The van der Waals surface area contributed by atoms with Crippen LogP contribution in [0.5, 0.6) is 0 Å². The molecule has 0 spiro atoms. The Morgan fingerprint density at radius 2 is 1.71 bits per heavy atom. The molecule has 0 saturated heterocycles. The summed E-state index contributed by atoms with van der Waals surface area (Å²) in [4.78, 5) is 27.6. The average molecular weight is 388 g/mol. The molecule has 0 aliphatic carbocycles. The first-order valence-electron chi connectivity index (χ1n) is 8.69. The van der Waals surface area contributed by atoms with Crippen LogP contribution in [-0.2, 0) is 0 Å². The monoisotopic (exact) mass is 387 g/mol. The lowest BCUT2D eigenvalue weighted by Gasteiger charge is -2.33. The summed E-state index contributed by atoms with van der Waals surface area (Å²) < 4.78 is 0.909. The van der Waals surface area contributed by atoms with Crippen LogP contribution < -0.4 is 0 Å². The molecule has 0 radical (unpaired) electrons. The van der Waals surface area contributed by atoms with Crippen LogP contribution in [0.15, 0.2) is 34.8 Å². The van der Waals surface area contributed by atoms with Gasteiger partial charge < -0.3 is 0 Å². The van der Waals surface area contributed by atoms with Crippen molar-refractivity contribution in [3.05, 3.63) is 45.9 Å². The number of rotatable bonds is 6. The van der Waals surface area contributed by atoms with E-state index in [1.807, 2.05) is 30.3 Å². The van der Waals surface area contributed by atoms with Gasteiger partial charge in [-0.25, -0.2) is 0 Å². The molecule has 0 bridgehead atoms. The van der Waals surface area contributed by atoms with E-state index >= 15 is 0 Å². The van der Waals surface area contributed by atoms with Gasteiger partial charge in [0.1, 0.15) is 0 Å². The van der Waals surface area contributed by atoms with Crippen molar-refractivity contribution in [2.45, 2.75) is 52.0 Å². The van der Waals surface area contributed by atoms with E-state index in [-0.39, 0.29) is 17.9 Å². The Bertz CT molecular complexity index is 777. The number of carbonyl (C=O) groups is 2. The molecular weight excluding hydrogens is 366 g/mol. The first kappa shape index (κ1) is 17.2. The first-order valence-corrected chi connectivity index (χ1v) is 9.48. The zero-order chi connectivity index (χ0) is 17.3. The van der Waals surface area contributed by atoms with Crippen LogP contribution in [0.3, 0.4) is 0 Å². The van der Waals surface area contributed by atoms with Gasteiger partial charge in [0.2, 0.25) is 0 Å². The zero-order valence-electron chi connectivity index (χ0n) is 14.1. The number of imide groups is 1. The highest BCUT2D eigenvalue weighted by atomic mass is 79.9. The van der Waals surface area contributed by atoms with Gasteiger partial charge in [0.05, 0.1) is 0 Å². The highest BCUT2D eigenvalue weighted by Gasteiger charge is 2.36. The van der Waals surface area contributed by atoms with Crippen LogP contribution in [-0.4, -0.2) is 22.8 Å². The minimum absolute atomic E-state index is 0.0244. The molecule has 4 heteroatoms. The minimum Gasteiger partial charge on any atom is -0.271 e. The molecule has 2 aromatic rings. The number of hydrogen-bond donors (Lipinski definition) is 0. The van der Waals surface area contributed by atoms with Gasteiger partial charge in [-0.1, -0.05) is 61.2 Å². The number of halogens is 1. The van der Waals surface area contributed by atoms with E-state index in [1.54, 1.807) is 0 Å². The van der Waals surface area contributed by atoms with E-state index in [2.05, 4.69) is 29.8 Å². The maximum absolute atomic E-state index is 13.0.